The molecule has 120 valence electrons. The van der Waals surface area contributed by atoms with Crippen LogP contribution in [0.15, 0.2) is 24.3 Å². The third kappa shape index (κ3) is 5.11. The zero-order valence-corrected chi connectivity index (χ0v) is 12.8. The smallest absolute Gasteiger partial charge is 0.292 e. The number of carbonyl (C=O) groups is 1. The van der Waals surface area contributed by atoms with Crippen molar-refractivity contribution in [3.05, 3.63) is 34.4 Å². The Morgan fingerprint density at radius 2 is 1.82 bits per heavy atom. The molecule has 1 aliphatic carbocycles. The quantitative estimate of drug-likeness (QED) is 0.645. The molecule has 0 atom stereocenters. The molecule has 22 heavy (non-hydrogen) atoms. The second kappa shape index (κ2) is 8.48. The van der Waals surface area contributed by atoms with Gasteiger partial charge in [-0.3, -0.25) is 14.9 Å². The summed E-state index contributed by atoms with van der Waals surface area (Å²) in [6.07, 6.45) is 8.65. The van der Waals surface area contributed by atoms with Crippen LogP contribution in [0.5, 0.6) is 0 Å². The molecule has 6 nitrogen and oxygen atoms in total. The van der Waals surface area contributed by atoms with Crippen molar-refractivity contribution < 1.29 is 15.0 Å². The topological polar surface area (TPSA) is 88.8 Å². The largest absolute Gasteiger partial charge is 0.336 e. The molecule has 0 heterocycles. The van der Waals surface area contributed by atoms with E-state index in [1.165, 1.54) is 38.2 Å². The van der Waals surface area contributed by atoms with E-state index in [-0.39, 0.29) is 17.3 Å². The van der Waals surface area contributed by atoms with Crippen LogP contribution in [0.4, 0.5) is 11.4 Å². The van der Waals surface area contributed by atoms with Gasteiger partial charge in [-0.25, -0.2) is 0 Å². The molecule has 3 N–H and O–H groups in total. The van der Waals surface area contributed by atoms with Gasteiger partial charge in [0.1, 0.15) is 5.69 Å². The predicted molar refractivity (Wildman–Crippen MR) is 84.6 cm³/mol. The Kier molecular flexibility index (Phi) is 6.33. The van der Waals surface area contributed by atoms with Gasteiger partial charge in [-0.05, 0) is 31.7 Å². The lowest BCUT2D eigenvalue weighted by Crippen LogP contribution is -2.91. The number of nitrogens with one attached hydrogen (secondary N) is 1. The molecule has 1 aliphatic rings. The van der Waals surface area contributed by atoms with Gasteiger partial charge < -0.3 is 10.6 Å². The van der Waals surface area contributed by atoms with Crippen molar-refractivity contribution in [3.63, 3.8) is 0 Å². The van der Waals surface area contributed by atoms with Gasteiger partial charge in [0, 0.05) is 6.07 Å². The highest BCUT2D eigenvalue weighted by Gasteiger charge is 2.18. The van der Waals surface area contributed by atoms with Gasteiger partial charge in [-0.1, -0.05) is 31.4 Å². The predicted octanol–water partition coefficient (Wildman–Crippen LogP) is 2.21. The van der Waals surface area contributed by atoms with E-state index in [1.807, 2.05) is 0 Å². The highest BCUT2D eigenvalue weighted by molar-refractivity contribution is 5.93. The summed E-state index contributed by atoms with van der Waals surface area (Å²) in [5.41, 5.74) is 0.199. The first-order valence-corrected chi connectivity index (χ1v) is 8.03. The van der Waals surface area contributed by atoms with E-state index < -0.39 is 4.92 Å². The minimum absolute atomic E-state index is 0.0678. The summed E-state index contributed by atoms with van der Waals surface area (Å²) >= 11 is 0. The fraction of sp³-hybridized carbons (Fsp3) is 0.562. The van der Waals surface area contributed by atoms with Gasteiger partial charge in [-0.15, -0.1) is 0 Å². The van der Waals surface area contributed by atoms with Gasteiger partial charge >= 0.3 is 0 Å². The molecule has 1 saturated carbocycles. The van der Waals surface area contributed by atoms with Crippen LogP contribution in [0, 0.1) is 10.1 Å². The number of quaternary nitrogens is 1. The number of hydrogen-bond acceptors (Lipinski definition) is 3. The van der Waals surface area contributed by atoms with Crippen molar-refractivity contribution in [1.29, 1.82) is 0 Å². The van der Waals surface area contributed by atoms with Crippen LogP contribution in [0.1, 0.15) is 44.9 Å². The molecule has 0 aliphatic heterocycles. The fourth-order valence-electron chi connectivity index (χ4n) is 2.94. The number of hydrogen-bond donors (Lipinski definition) is 2. The van der Waals surface area contributed by atoms with Gasteiger partial charge in [-0.2, -0.15) is 0 Å². The third-order valence-electron chi connectivity index (χ3n) is 4.16. The summed E-state index contributed by atoms with van der Waals surface area (Å²) in [5.74, 6) is -0.184. The Hall–Kier alpha value is -1.95. The van der Waals surface area contributed by atoms with Crippen LogP contribution in [-0.4, -0.2) is 23.4 Å². The maximum Gasteiger partial charge on any atom is 0.292 e. The number of anilines is 1. The molecule has 0 aromatic heterocycles. The monoisotopic (exact) mass is 306 g/mol. The Bertz CT molecular complexity index is 511. The van der Waals surface area contributed by atoms with E-state index in [2.05, 4.69) is 10.6 Å². The summed E-state index contributed by atoms with van der Waals surface area (Å²) in [6, 6.07) is 6.73. The number of nitro groups is 1. The lowest BCUT2D eigenvalue weighted by atomic mass is 9.97. The minimum atomic E-state index is -0.478. The standard InChI is InChI=1S/C16H23N3O3/c20-16(12-17-13-8-4-2-1-3-5-9-13)18-14-10-6-7-11-15(14)19(21)22/h6-7,10-11,13,17H,1-5,8-9,12H2,(H,18,20)/p+1. The van der Waals surface area contributed by atoms with Crippen LogP contribution in [-0.2, 0) is 4.79 Å². The van der Waals surface area contributed by atoms with Crippen LogP contribution >= 0.6 is 0 Å². The number of carbonyl (C=O) groups excluding carboxylic acids is 1. The van der Waals surface area contributed by atoms with Crippen molar-refractivity contribution in [2.45, 2.75) is 51.0 Å². The summed E-state index contributed by atoms with van der Waals surface area (Å²) in [5, 5.41) is 15.7. The summed E-state index contributed by atoms with van der Waals surface area (Å²) in [4.78, 5) is 22.5. The van der Waals surface area contributed by atoms with Gasteiger partial charge in [0.15, 0.2) is 6.54 Å². The molecule has 2 rings (SSSR count). The molecule has 1 aromatic rings. The average molecular weight is 306 g/mol. The molecule has 0 unspecified atom stereocenters. The maximum atomic E-state index is 12.0. The molecule has 0 spiro atoms. The SMILES string of the molecule is O=C(C[NH2+]C1CCCCCCC1)Nc1ccccc1[N+](=O)[O-]. The van der Waals surface area contributed by atoms with Crippen LogP contribution < -0.4 is 10.6 Å². The van der Waals surface area contributed by atoms with E-state index in [0.717, 1.165) is 12.8 Å². The lowest BCUT2D eigenvalue weighted by Gasteiger charge is -2.18. The van der Waals surface area contributed by atoms with Crippen molar-refractivity contribution >= 4 is 17.3 Å². The third-order valence-corrected chi connectivity index (χ3v) is 4.16. The Balaban J connectivity index is 1.83. The van der Waals surface area contributed by atoms with Crippen LogP contribution in [0.2, 0.25) is 0 Å². The van der Waals surface area contributed by atoms with E-state index >= 15 is 0 Å². The van der Waals surface area contributed by atoms with Crippen molar-refractivity contribution in [3.8, 4) is 0 Å². The average Bonchev–Trinajstić information content (AvgIpc) is 2.46. The molecular weight excluding hydrogens is 282 g/mol. The molecule has 6 heteroatoms. The van der Waals surface area contributed by atoms with Crippen LogP contribution in [0.3, 0.4) is 0 Å². The molecule has 1 amide bonds. The molecular formula is C16H24N3O3+. The fourth-order valence-corrected chi connectivity index (χ4v) is 2.94. The molecule has 0 radical (unpaired) electrons. The second-order valence-corrected chi connectivity index (χ2v) is 5.87. The number of nitrogens with zero attached hydrogens (tertiary/aromatic N) is 1. The number of benzene rings is 1. The number of rotatable bonds is 5. The lowest BCUT2D eigenvalue weighted by molar-refractivity contribution is -0.680. The van der Waals surface area contributed by atoms with E-state index in [0.29, 0.717) is 12.6 Å². The highest BCUT2D eigenvalue weighted by Crippen LogP contribution is 2.22. The molecule has 1 fully saturated rings. The Morgan fingerprint density at radius 1 is 1.18 bits per heavy atom. The number of nitrogens with two attached hydrogens (primary N) is 1. The minimum Gasteiger partial charge on any atom is -0.336 e. The van der Waals surface area contributed by atoms with E-state index in [1.54, 1.807) is 18.2 Å². The molecule has 0 bridgehead atoms. The summed E-state index contributed by atoms with van der Waals surface area (Å²) in [7, 11) is 0. The summed E-state index contributed by atoms with van der Waals surface area (Å²) < 4.78 is 0. The second-order valence-electron chi connectivity index (χ2n) is 5.87. The Labute approximate surface area is 130 Å². The molecule has 0 saturated heterocycles. The van der Waals surface area contributed by atoms with Gasteiger partial charge in [0.05, 0.1) is 11.0 Å². The maximum absolute atomic E-state index is 12.0. The first kappa shape index (κ1) is 16.4. The zero-order chi connectivity index (χ0) is 15.8. The van der Waals surface area contributed by atoms with Crippen molar-refractivity contribution in [1.82, 2.24) is 0 Å². The van der Waals surface area contributed by atoms with Crippen molar-refractivity contribution in [2.24, 2.45) is 0 Å². The first-order valence-electron chi connectivity index (χ1n) is 8.03. The first-order chi connectivity index (χ1) is 10.7. The van der Waals surface area contributed by atoms with Crippen LogP contribution in [0.25, 0.3) is 0 Å². The van der Waals surface area contributed by atoms with E-state index in [4.69, 9.17) is 0 Å². The zero-order valence-electron chi connectivity index (χ0n) is 12.8. The normalized spacial score (nSPS) is 16.5. The highest BCUT2D eigenvalue weighted by atomic mass is 16.6. The van der Waals surface area contributed by atoms with E-state index in [9.17, 15) is 14.9 Å². The number of nitro benzene ring substituents is 1. The van der Waals surface area contributed by atoms with Gasteiger partial charge in [0.25, 0.3) is 11.6 Å². The summed E-state index contributed by atoms with van der Waals surface area (Å²) in [6.45, 7) is 0.316. The van der Waals surface area contributed by atoms with Gasteiger partial charge in [0.2, 0.25) is 0 Å². The number of amides is 1. The molecule has 1 aromatic carbocycles. The Morgan fingerprint density at radius 3 is 2.50 bits per heavy atom. The number of para-hydroxylation sites is 2. The van der Waals surface area contributed by atoms with Crippen molar-refractivity contribution in [2.75, 3.05) is 11.9 Å².